The first kappa shape index (κ1) is 17.9. The number of ether oxygens (including phenoxy) is 2. The van der Waals surface area contributed by atoms with Crippen LogP contribution in [-0.4, -0.2) is 39.5 Å². The highest BCUT2D eigenvalue weighted by Crippen LogP contribution is 2.10. The Kier molecular flexibility index (Phi) is 13.2. The predicted molar refractivity (Wildman–Crippen MR) is 78.1 cm³/mol. The van der Waals surface area contributed by atoms with Crippen molar-refractivity contribution in [2.24, 2.45) is 5.92 Å². The van der Waals surface area contributed by atoms with Crippen molar-refractivity contribution in [1.29, 1.82) is 0 Å². The molecule has 0 spiro atoms. The SMILES string of the molecule is CCCNC(CCCC(C)C)CCOCCOC. The number of hydrogen-bond donors (Lipinski definition) is 1. The monoisotopic (exact) mass is 259 g/mol. The highest BCUT2D eigenvalue weighted by Gasteiger charge is 2.08. The van der Waals surface area contributed by atoms with E-state index < -0.39 is 0 Å². The van der Waals surface area contributed by atoms with Crippen molar-refractivity contribution in [3.8, 4) is 0 Å². The van der Waals surface area contributed by atoms with E-state index in [0.29, 0.717) is 19.3 Å². The molecule has 0 aromatic rings. The molecule has 0 aromatic heterocycles. The number of hydrogen-bond acceptors (Lipinski definition) is 3. The van der Waals surface area contributed by atoms with E-state index in [1.807, 2.05) is 0 Å². The Balaban J connectivity index is 3.62. The Bertz CT molecular complexity index is 163. The Hall–Kier alpha value is -0.120. The minimum Gasteiger partial charge on any atom is -0.382 e. The summed E-state index contributed by atoms with van der Waals surface area (Å²) in [6.07, 6.45) is 6.23. The van der Waals surface area contributed by atoms with Crippen LogP contribution >= 0.6 is 0 Å². The first-order chi connectivity index (χ1) is 8.70. The van der Waals surface area contributed by atoms with Crippen molar-refractivity contribution in [2.45, 2.75) is 58.9 Å². The molecule has 1 atom stereocenters. The largest absolute Gasteiger partial charge is 0.382 e. The zero-order valence-electron chi connectivity index (χ0n) is 12.8. The van der Waals surface area contributed by atoms with Gasteiger partial charge >= 0.3 is 0 Å². The van der Waals surface area contributed by atoms with Crippen molar-refractivity contribution >= 4 is 0 Å². The van der Waals surface area contributed by atoms with Gasteiger partial charge in [-0.15, -0.1) is 0 Å². The van der Waals surface area contributed by atoms with Crippen LogP contribution in [0.15, 0.2) is 0 Å². The zero-order valence-corrected chi connectivity index (χ0v) is 12.8. The Morgan fingerprint density at radius 1 is 1.00 bits per heavy atom. The van der Waals surface area contributed by atoms with Crippen molar-refractivity contribution in [1.82, 2.24) is 5.32 Å². The van der Waals surface area contributed by atoms with Gasteiger partial charge in [-0.3, -0.25) is 0 Å². The van der Waals surface area contributed by atoms with Crippen molar-refractivity contribution in [3.63, 3.8) is 0 Å². The smallest absolute Gasteiger partial charge is 0.0700 e. The van der Waals surface area contributed by atoms with Gasteiger partial charge in [0.15, 0.2) is 0 Å². The lowest BCUT2D eigenvalue weighted by atomic mass is 10.0. The summed E-state index contributed by atoms with van der Waals surface area (Å²) in [7, 11) is 1.71. The molecule has 0 saturated carbocycles. The molecule has 3 nitrogen and oxygen atoms in total. The van der Waals surface area contributed by atoms with Gasteiger partial charge in [0.2, 0.25) is 0 Å². The predicted octanol–water partition coefficient (Wildman–Crippen LogP) is 3.23. The molecular weight excluding hydrogens is 226 g/mol. The van der Waals surface area contributed by atoms with E-state index in [4.69, 9.17) is 9.47 Å². The Morgan fingerprint density at radius 2 is 1.78 bits per heavy atom. The third kappa shape index (κ3) is 12.3. The van der Waals surface area contributed by atoms with E-state index >= 15 is 0 Å². The molecule has 3 heteroatoms. The van der Waals surface area contributed by atoms with Crippen LogP contribution in [0.5, 0.6) is 0 Å². The number of methoxy groups -OCH3 is 1. The van der Waals surface area contributed by atoms with E-state index in [0.717, 1.165) is 25.5 Å². The van der Waals surface area contributed by atoms with E-state index in [1.54, 1.807) is 7.11 Å². The summed E-state index contributed by atoms with van der Waals surface area (Å²) in [5, 5.41) is 3.62. The van der Waals surface area contributed by atoms with E-state index in [-0.39, 0.29) is 0 Å². The standard InChI is InChI=1S/C15H33NO2/c1-5-10-16-15(8-6-7-14(2)3)9-11-18-13-12-17-4/h14-16H,5-13H2,1-4H3. The van der Waals surface area contributed by atoms with Crippen LogP contribution in [0.3, 0.4) is 0 Å². The molecule has 0 rings (SSSR count). The lowest BCUT2D eigenvalue weighted by Gasteiger charge is -2.19. The van der Waals surface area contributed by atoms with Crippen molar-refractivity contribution < 1.29 is 9.47 Å². The normalized spacial score (nSPS) is 13.2. The molecule has 0 fully saturated rings. The molecule has 0 aromatic carbocycles. The topological polar surface area (TPSA) is 30.5 Å². The van der Waals surface area contributed by atoms with Crippen LogP contribution in [0.2, 0.25) is 0 Å². The van der Waals surface area contributed by atoms with E-state index in [1.165, 1.54) is 25.7 Å². The van der Waals surface area contributed by atoms with E-state index in [2.05, 4.69) is 26.1 Å². The van der Waals surface area contributed by atoms with Gasteiger partial charge in [-0.2, -0.15) is 0 Å². The van der Waals surface area contributed by atoms with E-state index in [9.17, 15) is 0 Å². The average Bonchev–Trinajstić information content (AvgIpc) is 2.34. The van der Waals surface area contributed by atoms with Crippen LogP contribution < -0.4 is 5.32 Å². The summed E-state index contributed by atoms with van der Waals surface area (Å²) in [5.74, 6) is 0.815. The summed E-state index contributed by atoms with van der Waals surface area (Å²) >= 11 is 0. The second-order valence-corrected chi connectivity index (χ2v) is 5.37. The molecule has 0 bridgehead atoms. The first-order valence-corrected chi connectivity index (χ1v) is 7.50. The zero-order chi connectivity index (χ0) is 13.6. The summed E-state index contributed by atoms with van der Waals surface area (Å²) in [5.41, 5.74) is 0. The van der Waals surface area contributed by atoms with Crippen LogP contribution in [0.1, 0.15) is 52.9 Å². The molecule has 1 N–H and O–H groups in total. The lowest BCUT2D eigenvalue weighted by molar-refractivity contribution is 0.0653. The average molecular weight is 259 g/mol. The molecule has 0 amide bonds. The van der Waals surface area contributed by atoms with Crippen LogP contribution in [-0.2, 0) is 9.47 Å². The molecule has 0 saturated heterocycles. The van der Waals surface area contributed by atoms with Gasteiger partial charge in [0.1, 0.15) is 0 Å². The van der Waals surface area contributed by atoms with Gasteiger partial charge in [0, 0.05) is 19.8 Å². The molecule has 110 valence electrons. The number of nitrogens with one attached hydrogen (secondary N) is 1. The van der Waals surface area contributed by atoms with Gasteiger partial charge in [-0.1, -0.05) is 33.6 Å². The van der Waals surface area contributed by atoms with Gasteiger partial charge in [0.25, 0.3) is 0 Å². The molecular formula is C15H33NO2. The summed E-state index contributed by atoms with van der Waals surface area (Å²) in [6.45, 7) is 10.2. The fourth-order valence-corrected chi connectivity index (χ4v) is 1.94. The quantitative estimate of drug-likeness (QED) is 0.515. The Morgan fingerprint density at radius 3 is 2.39 bits per heavy atom. The van der Waals surface area contributed by atoms with Crippen molar-refractivity contribution in [2.75, 3.05) is 33.5 Å². The third-order valence-electron chi connectivity index (χ3n) is 3.06. The minimum atomic E-state index is 0.617. The van der Waals surface area contributed by atoms with Gasteiger partial charge in [0.05, 0.1) is 13.2 Å². The van der Waals surface area contributed by atoms with Gasteiger partial charge in [-0.05, 0) is 31.7 Å². The molecule has 0 aliphatic carbocycles. The summed E-state index contributed by atoms with van der Waals surface area (Å²) in [4.78, 5) is 0. The van der Waals surface area contributed by atoms with Crippen LogP contribution in [0, 0.1) is 5.92 Å². The molecule has 0 aliphatic rings. The molecule has 0 heterocycles. The fourth-order valence-electron chi connectivity index (χ4n) is 1.94. The maximum Gasteiger partial charge on any atom is 0.0700 e. The van der Waals surface area contributed by atoms with Crippen LogP contribution in [0.25, 0.3) is 0 Å². The molecule has 0 radical (unpaired) electrons. The third-order valence-corrected chi connectivity index (χ3v) is 3.06. The summed E-state index contributed by atoms with van der Waals surface area (Å²) in [6, 6.07) is 0.617. The molecule has 18 heavy (non-hydrogen) atoms. The second-order valence-electron chi connectivity index (χ2n) is 5.37. The summed E-state index contributed by atoms with van der Waals surface area (Å²) < 4.78 is 10.5. The highest BCUT2D eigenvalue weighted by molar-refractivity contribution is 4.67. The highest BCUT2D eigenvalue weighted by atomic mass is 16.5. The fraction of sp³-hybridized carbons (Fsp3) is 1.00. The lowest BCUT2D eigenvalue weighted by Crippen LogP contribution is -2.31. The minimum absolute atomic E-state index is 0.617. The van der Waals surface area contributed by atoms with Crippen LogP contribution in [0.4, 0.5) is 0 Å². The first-order valence-electron chi connectivity index (χ1n) is 7.50. The van der Waals surface area contributed by atoms with Crippen molar-refractivity contribution in [3.05, 3.63) is 0 Å². The molecule has 1 unspecified atom stereocenters. The Labute approximate surface area is 114 Å². The van der Waals surface area contributed by atoms with Gasteiger partial charge < -0.3 is 14.8 Å². The van der Waals surface area contributed by atoms with Gasteiger partial charge in [-0.25, -0.2) is 0 Å². The number of rotatable bonds is 13. The maximum absolute atomic E-state index is 5.55. The molecule has 0 aliphatic heterocycles. The maximum atomic E-state index is 5.55. The second kappa shape index (κ2) is 13.3.